The van der Waals surface area contributed by atoms with Crippen LogP contribution in [0.3, 0.4) is 0 Å². The first kappa shape index (κ1) is 19.3. The molecule has 2 aliphatic rings. The third kappa shape index (κ3) is 3.52. The molecule has 158 valence electrons. The molecule has 1 N–H and O–H groups in total. The van der Waals surface area contributed by atoms with Crippen LogP contribution in [0, 0.1) is 0 Å². The van der Waals surface area contributed by atoms with Gasteiger partial charge in [0.15, 0.2) is 0 Å². The van der Waals surface area contributed by atoms with Crippen LogP contribution in [-0.4, -0.2) is 63.3 Å². The summed E-state index contributed by atoms with van der Waals surface area (Å²) in [6.07, 6.45) is 3.82. The van der Waals surface area contributed by atoms with E-state index in [1.807, 2.05) is 35.4 Å². The number of nitrogens with one attached hydrogen (secondary N) is 1. The molecule has 0 aliphatic carbocycles. The molecule has 1 fully saturated rings. The van der Waals surface area contributed by atoms with Gasteiger partial charge in [-0.1, -0.05) is 6.07 Å². The fourth-order valence-electron chi connectivity index (χ4n) is 4.75. The Balaban J connectivity index is 1.29. The highest BCUT2D eigenvalue weighted by Gasteiger charge is 2.25. The Morgan fingerprint density at radius 1 is 1.20 bits per heavy atom. The molecule has 0 unspecified atom stereocenters. The zero-order chi connectivity index (χ0) is 20.5. The second kappa shape index (κ2) is 8.24. The normalized spacial score (nSPS) is 17.8. The van der Waals surface area contributed by atoms with Crippen LogP contribution in [0.15, 0.2) is 30.5 Å². The van der Waals surface area contributed by atoms with Crippen molar-refractivity contribution < 1.29 is 9.53 Å². The molecular formula is C23H29N5O2. The standard InChI is InChI=1S/C23H29N5O2/c1-2-28-22-8-14-30-16-19(22)21(25-28)15-26-10-4-11-27(13-12-26)23(29)18-5-3-6-20-17(18)7-9-24-20/h3,5-7,9,24H,2,4,8,10-16H2,1H3. The molecule has 1 saturated heterocycles. The van der Waals surface area contributed by atoms with Gasteiger partial charge in [-0.25, -0.2) is 0 Å². The van der Waals surface area contributed by atoms with Crippen LogP contribution in [0.4, 0.5) is 0 Å². The van der Waals surface area contributed by atoms with E-state index in [4.69, 9.17) is 9.84 Å². The van der Waals surface area contributed by atoms with Crippen LogP contribution in [-0.2, 0) is 30.9 Å². The molecular weight excluding hydrogens is 378 g/mol. The summed E-state index contributed by atoms with van der Waals surface area (Å²) in [5.41, 5.74) is 5.55. The minimum absolute atomic E-state index is 0.128. The third-order valence-corrected chi connectivity index (χ3v) is 6.35. The number of carbonyl (C=O) groups excluding carboxylic acids is 1. The number of amides is 1. The summed E-state index contributed by atoms with van der Waals surface area (Å²) in [7, 11) is 0. The molecule has 0 saturated carbocycles. The Kier molecular flexibility index (Phi) is 5.31. The minimum atomic E-state index is 0.128. The van der Waals surface area contributed by atoms with Crippen molar-refractivity contribution in [1.82, 2.24) is 24.6 Å². The van der Waals surface area contributed by atoms with Crippen LogP contribution >= 0.6 is 0 Å². The third-order valence-electron chi connectivity index (χ3n) is 6.35. The van der Waals surface area contributed by atoms with E-state index in [1.165, 1.54) is 11.3 Å². The molecule has 1 amide bonds. The minimum Gasteiger partial charge on any atom is -0.376 e. The van der Waals surface area contributed by atoms with Crippen molar-refractivity contribution in [2.45, 2.75) is 39.5 Å². The van der Waals surface area contributed by atoms with Gasteiger partial charge in [-0.05, 0) is 31.5 Å². The summed E-state index contributed by atoms with van der Waals surface area (Å²) in [5.74, 6) is 0.128. The van der Waals surface area contributed by atoms with Gasteiger partial charge < -0.3 is 14.6 Å². The summed E-state index contributed by atoms with van der Waals surface area (Å²) < 4.78 is 7.84. The van der Waals surface area contributed by atoms with Gasteiger partial charge in [0.05, 0.1) is 18.9 Å². The van der Waals surface area contributed by atoms with Crippen LogP contribution in [0.1, 0.15) is 40.7 Å². The molecule has 7 heteroatoms. The van der Waals surface area contributed by atoms with Gasteiger partial charge in [0.25, 0.3) is 5.91 Å². The smallest absolute Gasteiger partial charge is 0.254 e. The summed E-state index contributed by atoms with van der Waals surface area (Å²) >= 11 is 0. The summed E-state index contributed by atoms with van der Waals surface area (Å²) in [6, 6.07) is 7.88. The van der Waals surface area contributed by atoms with Gasteiger partial charge >= 0.3 is 0 Å². The fraction of sp³-hybridized carbons (Fsp3) is 0.478. The molecule has 0 atom stereocenters. The van der Waals surface area contributed by atoms with E-state index in [1.54, 1.807) is 0 Å². The molecule has 0 bridgehead atoms. The number of aromatic amines is 1. The van der Waals surface area contributed by atoms with E-state index in [0.29, 0.717) is 6.61 Å². The Morgan fingerprint density at radius 3 is 3.03 bits per heavy atom. The largest absolute Gasteiger partial charge is 0.376 e. The maximum Gasteiger partial charge on any atom is 0.254 e. The maximum absolute atomic E-state index is 13.2. The summed E-state index contributed by atoms with van der Waals surface area (Å²) in [6.45, 7) is 8.71. The molecule has 3 aromatic rings. The van der Waals surface area contributed by atoms with Crippen LogP contribution < -0.4 is 0 Å². The molecule has 1 aromatic carbocycles. The second-order valence-electron chi connectivity index (χ2n) is 8.16. The van der Waals surface area contributed by atoms with Crippen molar-refractivity contribution in [2.24, 2.45) is 0 Å². The fourth-order valence-corrected chi connectivity index (χ4v) is 4.75. The van der Waals surface area contributed by atoms with Crippen molar-refractivity contribution in [1.29, 1.82) is 0 Å². The van der Waals surface area contributed by atoms with Crippen molar-refractivity contribution >= 4 is 16.8 Å². The van der Waals surface area contributed by atoms with E-state index >= 15 is 0 Å². The number of aromatic nitrogens is 3. The van der Waals surface area contributed by atoms with Gasteiger partial charge in [0.2, 0.25) is 0 Å². The number of aryl methyl sites for hydroxylation is 1. The molecule has 5 rings (SSSR count). The van der Waals surface area contributed by atoms with Crippen LogP contribution in [0.5, 0.6) is 0 Å². The zero-order valence-corrected chi connectivity index (χ0v) is 17.6. The SMILES string of the molecule is CCn1nc(CN2CCCN(C(=O)c3cccc4[nH]ccc34)CC2)c2c1CCOC2. The average molecular weight is 408 g/mol. The van der Waals surface area contributed by atoms with E-state index in [9.17, 15) is 4.79 Å². The topological polar surface area (TPSA) is 66.4 Å². The lowest BCUT2D eigenvalue weighted by Crippen LogP contribution is -2.35. The lowest BCUT2D eigenvalue weighted by atomic mass is 10.1. The predicted octanol–water partition coefficient (Wildman–Crippen LogP) is 2.81. The number of hydrogen-bond acceptors (Lipinski definition) is 4. The first-order valence-corrected chi connectivity index (χ1v) is 11.0. The molecule has 0 spiro atoms. The van der Waals surface area contributed by atoms with E-state index < -0.39 is 0 Å². The van der Waals surface area contributed by atoms with E-state index in [2.05, 4.69) is 21.5 Å². The number of H-pyrrole nitrogens is 1. The lowest BCUT2D eigenvalue weighted by Gasteiger charge is -2.22. The van der Waals surface area contributed by atoms with Crippen molar-refractivity contribution in [2.75, 3.05) is 32.8 Å². The predicted molar refractivity (Wildman–Crippen MR) is 115 cm³/mol. The molecule has 0 radical (unpaired) electrons. The Labute approximate surface area is 176 Å². The quantitative estimate of drug-likeness (QED) is 0.722. The van der Waals surface area contributed by atoms with Crippen LogP contribution in [0.25, 0.3) is 10.9 Å². The zero-order valence-electron chi connectivity index (χ0n) is 17.6. The van der Waals surface area contributed by atoms with Crippen molar-refractivity contribution in [3.05, 3.63) is 53.0 Å². The molecule has 7 nitrogen and oxygen atoms in total. The second-order valence-corrected chi connectivity index (χ2v) is 8.16. The van der Waals surface area contributed by atoms with Gasteiger partial charge in [0.1, 0.15) is 0 Å². The highest BCUT2D eigenvalue weighted by atomic mass is 16.5. The number of nitrogens with zero attached hydrogens (tertiary/aromatic N) is 4. The average Bonchev–Trinajstić information content (AvgIpc) is 3.32. The number of ether oxygens (including phenoxy) is 1. The molecule has 2 aliphatic heterocycles. The number of fused-ring (bicyclic) bond motifs is 2. The highest BCUT2D eigenvalue weighted by Crippen LogP contribution is 2.23. The van der Waals surface area contributed by atoms with E-state index in [0.717, 1.165) is 80.9 Å². The van der Waals surface area contributed by atoms with Gasteiger partial charge in [0, 0.05) is 79.6 Å². The number of rotatable bonds is 4. The molecule has 30 heavy (non-hydrogen) atoms. The first-order valence-electron chi connectivity index (χ1n) is 11.0. The summed E-state index contributed by atoms with van der Waals surface area (Å²) in [5, 5.41) is 5.88. The number of carbonyl (C=O) groups is 1. The van der Waals surface area contributed by atoms with E-state index in [-0.39, 0.29) is 5.91 Å². The van der Waals surface area contributed by atoms with Gasteiger partial charge in [-0.3, -0.25) is 14.4 Å². The van der Waals surface area contributed by atoms with Gasteiger partial charge in [-0.2, -0.15) is 5.10 Å². The van der Waals surface area contributed by atoms with Crippen molar-refractivity contribution in [3.8, 4) is 0 Å². The number of hydrogen-bond donors (Lipinski definition) is 1. The first-order chi connectivity index (χ1) is 14.7. The number of benzene rings is 1. The van der Waals surface area contributed by atoms with Gasteiger partial charge in [-0.15, -0.1) is 0 Å². The highest BCUT2D eigenvalue weighted by molar-refractivity contribution is 6.06. The van der Waals surface area contributed by atoms with Crippen LogP contribution in [0.2, 0.25) is 0 Å². The lowest BCUT2D eigenvalue weighted by molar-refractivity contribution is 0.0763. The Bertz CT molecular complexity index is 1050. The molecule has 4 heterocycles. The van der Waals surface area contributed by atoms with Crippen molar-refractivity contribution in [3.63, 3.8) is 0 Å². The maximum atomic E-state index is 13.2. The molecule has 2 aromatic heterocycles. The Morgan fingerprint density at radius 2 is 2.13 bits per heavy atom. The Hall–Kier alpha value is -2.64. The summed E-state index contributed by atoms with van der Waals surface area (Å²) in [4.78, 5) is 20.9. The monoisotopic (exact) mass is 407 g/mol.